The number of aryl methyl sites for hydroxylation is 1. The zero-order valence-corrected chi connectivity index (χ0v) is 7.73. The maximum absolute atomic E-state index is 6.04. The summed E-state index contributed by atoms with van der Waals surface area (Å²) in [6.07, 6.45) is 3.93. The summed E-state index contributed by atoms with van der Waals surface area (Å²) in [5.74, 6) is 0. The molecular formula is C9H11ClN2. The lowest BCUT2D eigenvalue weighted by atomic mass is 10.0. The number of rotatable bonds is 1. The summed E-state index contributed by atoms with van der Waals surface area (Å²) >= 11 is 5.74. The van der Waals surface area contributed by atoms with E-state index in [-0.39, 0.29) is 5.54 Å². The van der Waals surface area contributed by atoms with E-state index < -0.39 is 0 Å². The molecule has 0 saturated heterocycles. The Morgan fingerprint density at radius 3 is 2.75 bits per heavy atom. The van der Waals surface area contributed by atoms with Gasteiger partial charge in [-0.3, -0.25) is 0 Å². The molecule has 0 atom stereocenters. The standard InChI is InChI=1S/C9H11ClN2/c1-6-4-8(10)12-5-7(6)9(11)2-3-9/h4-5H,2-3,11H2,1H3. The molecule has 3 heteroatoms. The van der Waals surface area contributed by atoms with Crippen LogP contribution in [0.5, 0.6) is 0 Å². The van der Waals surface area contributed by atoms with Crippen molar-refractivity contribution in [2.75, 3.05) is 0 Å². The number of halogens is 1. The predicted molar refractivity (Wildman–Crippen MR) is 49.1 cm³/mol. The van der Waals surface area contributed by atoms with Crippen molar-refractivity contribution in [1.29, 1.82) is 0 Å². The van der Waals surface area contributed by atoms with Gasteiger partial charge in [0.05, 0.1) is 0 Å². The third kappa shape index (κ3) is 1.21. The highest BCUT2D eigenvalue weighted by atomic mass is 35.5. The van der Waals surface area contributed by atoms with E-state index >= 15 is 0 Å². The Hall–Kier alpha value is -0.600. The van der Waals surface area contributed by atoms with Gasteiger partial charge in [0.15, 0.2) is 0 Å². The molecule has 2 N–H and O–H groups in total. The van der Waals surface area contributed by atoms with Crippen molar-refractivity contribution in [2.45, 2.75) is 25.3 Å². The maximum atomic E-state index is 6.04. The molecule has 0 unspecified atom stereocenters. The van der Waals surface area contributed by atoms with E-state index in [0.717, 1.165) is 24.0 Å². The van der Waals surface area contributed by atoms with Crippen LogP contribution in [-0.4, -0.2) is 4.98 Å². The Balaban J connectivity index is 2.45. The van der Waals surface area contributed by atoms with Gasteiger partial charge >= 0.3 is 0 Å². The van der Waals surface area contributed by atoms with Crippen LogP contribution in [0.1, 0.15) is 24.0 Å². The lowest BCUT2D eigenvalue weighted by Gasteiger charge is -2.11. The van der Waals surface area contributed by atoms with Crippen LogP contribution in [0.4, 0.5) is 0 Å². The topological polar surface area (TPSA) is 38.9 Å². The first-order chi connectivity index (χ1) is 5.62. The van der Waals surface area contributed by atoms with Crippen LogP contribution >= 0.6 is 11.6 Å². The van der Waals surface area contributed by atoms with Crippen molar-refractivity contribution in [3.05, 3.63) is 28.5 Å². The molecule has 1 fully saturated rings. The summed E-state index contributed by atoms with van der Waals surface area (Å²) < 4.78 is 0. The second kappa shape index (κ2) is 2.44. The number of pyridine rings is 1. The monoisotopic (exact) mass is 182 g/mol. The molecule has 0 aliphatic heterocycles. The Morgan fingerprint density at radius 1 is 1.58 bits per heavy atom. The van der Waals surface area contributed by atoms with Crippen LogP contribution < -0.4 is 5.73 Å². The van der Waals surface area contributed by atoms with E-state index in [4.69, 9.17) is 17.3 Å². The fourth-order valence-electron chi connectivity index (χ4n) is 1.45. The maximum Gasteiger partial charge on any atom is 0.129 e. The van der Waals surface area contributed by atoms with Gasteiger partial charge in [0.2, 0.25) is 0 Å². The molecule has 0 spiro atoms. The van der Waals surface area contributed by atoms with E-state index in [0.29, 0.717) is 5.15 Å². The summed E-state index contributed by atoms with van der Waals surface area (Å²) in [7, 11) is 0. The molecule has 0 aromatic carbocycles. The van der Waals surface area contributed by atoms with Gasteiger partial charge in [-0.15, -0.1) is 0 Å². The molecule has 0 bridgehead atoms. The molecule has 0 amide bonds. The first kappa shape index (κ1) is 8.02. The van der Waals surface area contributed by atoms with E-state index in [1.807, 2.05) is 13.0 Å². The molecule has 1 saturated carbocycles. The molecule has 2 rings (SSSR count). The lowest BCUT2D eigenvalue weighted by Crippen LogP contribution is -2.20. The molecule has 1 aliphatic carbocycles. The van der Waals surface area contributed by atoms with E-state index in [1.165, 1.54) is 0 Å². The highest BCUT2D eigenvalue weighted by Gasteiger charge is 2.41. The molecule has 1 aromatic heterocycles. The second-order valence-corrected chi connectivity index (χ2v) is 3.87. The molecule has 64 valence electrons. The van der Waals surface area contributed by atoms with Gasteiger partial charge in [0.25, 0.3) is 0 Å². The fraction of sp³-hybridized carbons (Fsp3) is 0.444. The summed E-state index contributed by atoms with van der Waals surface area (Å²) in [5.41, 5.74) is 8.23. The second-order valence-electron chi connectivity index (χ2n) is 3.48. The Bertz CT molecular complexity index is 318. The van der Waals surface area contributed by atoms with Crippen LogP contribution in [0.3, 0.4) is 0 Å². The highest BCUT2D eigenvalue weighted by Crippen LogP contribution is 2.43. The molecule has 2 nitrogen and oxygen atoms in total. The first-order valence-corrected chi connectivity index (χ1v) is 4.41. The minimum atomic E-state index is -0.0956. The molecule has 1 aliphatic rings. The van der Waals surface area contributed by atoms with Crippen molar-refractivity contribution in [3.63, 3.8) is 0 Å². The number of nitrogens with zero attached hydrogens (tertiary/aromatic N) is 1. The van der Waals surface area contributed by atoms with E-state index in [9.17, 15) is 0 Å². The van der Waals surface area contributed by atoms with Gasteiger partial charge in [-0.1, -0.05) is 11.6 Å². The molecule has 12 heavy (non-hydrogen) atoms. The molecular weight excluding hydrogens is 172 g/mol. The molecule has 1 aromatic rings. The van der Waals surface area contributed by atoms with Crippen molar-refractivity contribution >= 4 is 11.6 Å². The summed E-state index contributed by atoms with van der Waals surface area (Å²) in [6, 6.07) is 1.86. The zero-order chi connectivity index (χ0) is 8.77. The quantitative estimate of drug-likeness (QED) is 0.675. The van der Waals surface area contributed by atoms with Crippen LogP contribution in [0, 0.1) is 6.92 Å². The largest absolute Gasteiger partial charge is 0.321 e. The third-order valence-electron chi connectivity index (χ3n) is 2.40. The molecule has 1 heterocycles. The fourth-order valence-corrected chi connectivity index (χ4v) is 1.66. The predicted octanol–water partition coefficient (Wildman–Crippen LogP) is 1.99. The van der Waals surface area contributed by atoms with E-state index in [2.05, 4.69) is 4.98 Å². The third-order valence-corrected chi connectivity index (χ3v) is 2.61. The number of nitrogens with two attached hydrogens (primary N) is 1. The molecule has 0 radical (unpaired) electrons. The van der Waals surface area contributed by atoms with Gasteiger partial charge in [0.1, 0.15) is 5.15 Å². The zero-order valence-electron chi connectivity index (χ0n) is 6.97. The van der Waals surface area contributed by atoms with Crippen molar-refractivity contribution in [1.82, 2.24) is 4.98 Å². The van der Waals surface area contributed by atoms with Crippen molar-refractivity contribution in [3.8, 4) is 0 Å². The summed E-state index contributed by atoms with van der Waals surface area (Å²) in [5, 5.41) is 0.542. The lowest BCUT2D eigenvalue weighted by molar-refractivity contribution is 0.728. The Morgan fingerprint density at radius 2 is 2.25 bits per heavy atom. The number of hydrogen-bond acceptors (Lipinski definition) is 2. The smallest absolute Gasteiger partial charge is 0.129 e. The van der Waals surface area contributed by atoms with Gasteiger partial charge in [0, 0.05) is 11.7 Å². The SMILES string of the molecule is Cc1cc(Cl)ncc1C1(N)CC1. The number of aromatic nitrogens is 1. The Kier molecular flexibility index (Phi) is 1.63. The van der Waals surface area contributed by atoms with Crippen LogP contribution in [0.15, 0.2) is 12.3 Å². The minimum Gasteiger partial charge on any atom is -0.321 e. The van der Waals surface area contributed by atoms with Gasteiger partial charge in [-0.25, -0.2) is 4.98 Å². The van der Waals surface area contributed by atoms with Crippen LogP contribution in [0.2, 0.25) is 5.15 Å². The Labute approximate surface area is 76.7 Å². The van der Waals surface area contributed by atoms with Gasteiger partial charge in [-0.05, 0) is 37.0 Å². The van der Waals surface area contributed by atoms with Gasteiger partial charge < -0.3 is 5.73 Å². The van der Waals surface area contributed by atoms with Crippen molar-refractivity contribution in [2.24, 2.45) is 5.73 Å². The first-order valence-electron chi connectivity index (χ1n) is 4.03. The van der Waals surface area contributed by atoms with Crippen molar-refractivity contribution < 1.29 is 0 Å². The van der Waals surface area contributed by atoms with Gasteiger partial charge in [-0.2, -0.15) is 0 Å². The average Bonchev–Trinajstić information content (AvgIpc) is 2.68. The minimum absolute atomic E-state index is 0.0956. The average molecular weight is 183 g/mol. The summed E-state index contributed by atoms with van der Waals surface area (Å²) in [6.45, 7) is 2.02. The summed E-state index contributed by atoms with van der Waals surface area (Å²) in [4.78, 5) is 4.03. The highest BCUT2D eigenvalue weighted by molar-refractivity contribution is 6.29. The van der Waals surface area contributed by atoms with E-state index in [1.54, 1.807) is 6.20 Å². The van der Waals surface area contributed by atoms with Crippen LogP contribution in [-0.2, 0) is 5.54 Å². The normalized spacial score (nSPS) is 19.2. The van der Waals surface area contributed by atoms with Crippen LogP contribution in [0.25, 0.3) is 0 Å². The number of hydrogen-bond donors (Lipinski definition) is 1.